The van der Waals surface area contributed by atoms with Crippen molar-refractivity contribution < 1.29 is 9.90 Å². The summed E-state index contributed by atoms with van der Waals surface area (Å²) in [6.07, 6.45) is 3.38. The first-order chi connectivity index (χ1) is 7.58. The lowest BCUT2D eigenvalue weighted by molar-refractivity contribution is 0.0697. The SMILES string of the molecule is Cc1cn(-c2cc(C(=O)O)ccc2Cl)cn1. The first-order valence-electron chi connectivity index (χ1n) is 4.62. The summed E-state index contributed by atoms with van der Waals surface area (Å²) < 4.78 is 1.70. The summed E-state index contributed by atoms with van der Waals surface area (Å²) >= 11 is 6.00. The Morgan fingerprint density at radius 3 is 2.81 bits per heavy atom. The number of carbonyl (C=O) groups is 1. The third-order valence-corrected chi connectivity index (χ3v) is 2.50. The summed E-state index contributed by atoms with van der Waals surface area (Å²) in [5, 5.41) is 9.37. The van der Waals surface area contributed by atoms with Gasteiger partial charge in [0.2, 0.25) is 0 Å². The summed E-state index contributed by atoms with van der Waals surface area (Å²) in [4.78, 5) is 14.9. The molecule has 4 nitrogen and oxygen atoms in total. The van der Waals surface area contributed by atoms with Gasteiger partial charge in [0.05, 0.1) is 28.3 Å². The summed E-state index contributed by atoms with van der Waals surface area (Å²) in [7, 11) is 0. The standard InChI is InChI=1S/C11H9ClN2O2/c1-7-5-14(6-13-7)10-4-8(11(15)16)2-3-9(10)12/h2-6H,1H3,(H,15,16). The number of aromatic nitrogens is 2. The summed E-state index contributed by atoms with van der Waals surface area (Å²) in [5.74, 6) is -0.977. The fourth-order valence-corrected chi connectivity index (χ4v) is 1.61. The molecule has 0 saturated carbocycles. The van der Waals surface area contributed by atoms with E-state index in [-0.39, 0.29) is 5.56 Å². The molecule has 0 aliphatic carbocycles. The van der Waals surface area contributed by atoms with Gasteiger partial charge in [-0.15, -0.1) is 0 Å². The molecule has 2 rings (SSSR count). The Hall–Kier alpha value is -1.81. The molecule has 0 aliphatic rings. The lowest BCUT2D eigenvalue weighted by Crippen LogP contribution is -1.99. The Labute approximate surface area is 97.1 Å². The number of hydrogen-bond donors (Lipinski definition) is 1. The fourth-order valence-electron chi connectivity index (χ4n) is 1.40. The minimum atomic E-state index is -0.977. The lowest BCUT2D eigenvalue weighted by atomic mass is 10.2. The molecule has 1 aromatic carbocycles. The minimum Gasteiger partial charge on any atom is -0.478 e. The molecule has 0 aliphatic heterocycles. The van der Waals surface area contributed by atoms with Crippen LogP contribution in [0, 0.1) is 6.92 Å². The number of imidazole rings is 1. The Balaban J connectivity index is 2.55. The molecule has 0 bridgehead atoms. The number of halogens is 1. The number of carboxylic acid groups (broad SMARTS) is 1. The number of benzene rings is 1. The van der Waals surface area contributed by atoms with Crippen LogP contribution in [-0.4, -0.2) is 20.6 Å². The zero-order valence-electron chi connectivity index (χ0n) is 8.51. The number of nitrogens with zero attached hydrogens (tertiary/aromatic N) is 2. The highest BCUT2D eigenvalue weighted by Gasteiger charge is 2.08. The molecule has 2 aromatic rings. The molecular weight excluding hydrogens is 228 g/mol. The normalized spacial score (nSPS) is 10.4. The van der Waals surface area contributed by atoms with Gasteiger partial charge in [0.25, 0.3) is 0 Å². The van der Waals surface area contributed by atoms with Crippen LogP contribution in [0.1, 0.15) is 16.1 Å². The maximum Gasteiger partial charge on any atom is 0.335 e. The van der Waals surface area contributed by atoms with Gasteiger partial charge in [-0.1, -0.05) is 11.6 Å². The smallest absolute Gasteiger partial charge is 0.335 e. The van der Waals surface area contributed by atoms with Gasteiger partial charge in [0.15, 0.2) is 0 Å². The quantitative estimate of drug-likeness (QED) is 0.872. The molecular formula is C11H9ClN2O2. The molecule has 1 aromatic heterocycles. The van der Waals surface area contributed by atoms with Crippen molar-refractivity contribution in [1.82, 2.24) is 9.55 Å². The third-order valence-electron chi connectivity index (χ3n) is 2.18. The van der Waals surface area contributed by atoms with Crippen molar-refractivity contribution in [3.8, 4) is 5.69 Å². The van der Waals surface area contributed by atoms with E-state index >= 15 is 0 Å². The Kier molecular flexibility index (Phi) is 2.66. The molecule has 0 amide bonds. The van der Waals surface area contributed by atoms with E-state index in [1.54, 1.807) is 23.2 Å². The van der Waals surface area contributed by atoms with Crippen molar-refractivity contribution in [2.45, 2.75) is 6.92 Å². The van der Waals surface area contributed by atoms with Gasteiger partial charge in [-0.05, 0) is 25.1 Å². The van der Waals surface area contributed by atoms with Crippen LogP contribution in [0.15, 0.2) is 30.7 Å². The molecule has 82 valence electrons. The number of aromatic carboxylic acids is 1. The van der Waals surface area contributed by atoms with Gasteiger partial charge < -0.3 is 9.67 Å². The Morgan fingerprint density at radius 1 is 1.50 bits per heavy atom. The van der Waals surface area contributed by atoms with Gasteiger partial charge in [-0.25, -0.2) is 9.78 Å². The van der Waals surface area contributed by atoms with Crippen molar-refractivity contribution in [2.24, 2.45) is 0 Å². The lowest BCUT2D eigenvalue weighted by Gasteiger charge is -2.05. The van der Waals surface area contributed by atoms with E-state index in [0.717, 1.165) is 5.69 Å². The van der Waals surface area contributed by atoms with E-state index in [9.17, 15) is 4.79 Å². The highest BCUT2D eigenvalue weighted by atomic mass is 35.5. The zero-order valence-corrected chi connectivity index (χ0v) is 9.27. The largest absolute Gasteiger partial charge is 0.478 e. The van der Waals surface area contributed by atoms with Crippen molar-refractivity contribution in [1.29, 1.82) is 0 Å². The molecule has 0 radical (unpaired) electrons. The first-order valence-corrected chi connectivity index (χ1v) is 4.99. The summed E-state index contributed by atoms with van der Waals surface area (Å²) in [6, 6.07) is 4.55. The maximum absolute atomic E-state index is 10.8. The van der Waals surface area contributed by atoms with E-state index in [4.69, 9.17) is 16.7 Å². The topological polar surface area (TPSA) is 55.1 Å². The van der Waals surface area contributed by atoms with Crippen LogP contribution < -0.4 is 0 Å². The second-order valence-corrected chi connectivity index (χ2v) is 3.80. The second kappa shape index (κ2) is 3.98. The molecule has 1 N–H and O–H groups in total. The van der Waals surface area contributed by atoms with E-state index in [1.165, 1.54) is 12.1 Å². The van der Waals surface area contributed by atoms with E-state index < -0.39 is 5.97 Å². The van der Waals surface area contributed by atoms with Crippen LogP contribution in [0.5, 0.6) is 0 Å². The zero-order chi connectivity index (χ0) is 11.7. The Bertz CT molecular complexity index is 549. The van der Waals surface area contributed by atoms with Gasteiger partial charge in [-0.2, -0.15) is 0 Å². The molecule has 0 saturated heterocycles. The van der Waals surface area contributed by atoms with Gasteiger partial charge >= 0.3 is 5.97 Å². The van der Waals surface area contributed by atoms with Gasteiger partial charge in [-0.3, -0.25) is 0 Å². The molecule has 0 unspecified atom stereocenters. The molecule has 0 fully saturated rings. The van der Waals surface area contributed by atoms with Crippen LogP contribution in [0.2, 0.25) is 5.02 Å². The van der Waals surface area contributed by atoms with Crippen LogP contribution in [0.25, 0.3) is 5.69 Å². The predicted molar refractivity (Wildman–Crippen MR) is 60.3 cm³/mol. The van der Waals surface area contributed by atoms with Crippen LogP contribution in [-0.2, 0) is 0 Å². The molecule has 0 atom stereocenters. The van der Waals surface area contributed by atoms with Crippen molar-refractivity contribution >= 4 is 17.6 Å². The highest BCUT2D eigenvalue weighted by molar-refractivity contribution is 6.32. The first kappa shape index (κ1) is 10.7. The minimum absolute atomic E-state index is 0.200. The predicted octanol–water partition coefficient (Wildman–Crippen LogP) is 2.53. The molecule has 16 heavy (non-hydrogen) atoms. The number of rotatable bonds is 2. The third kappa shape index (κ3) is 1.92. The number of carboxylic acids is 1. The Morgan fingerprint density at radius 2 is 2.25 bits per heavy atom. The average molecular weight is 237 g/mol. The van der Waals surface area contributed by atoms with Crippen LogP contribution in [0.4, 0.5) is 0 Å². The molecule has 0 spiro atoms. The van der Waals surface area contributed by atoms with Crippen molar-refractivity contribution in [3.05, 3.63) is 47.0 Å². The monoisotopic (exact) mass is 236 g/mol. The van der Waals surface area contributed by atoms with Crippen molar-refractivity contribution in [2.75, 3.05) is 0 Å². The number of aryl methyl sites for hydroxylation is 1. The summed E-state index contributed by atoms with van der Waals surface area (Å²) in [5.41, 5.74) is 1.66. The highest BCUT2D eigenvalue weighted by Crippen LogP contribution is 2.22. The average Bonchev–Trinajstić information content (AvgIpc) is 2.65. The van der Waals surface area contributed by atoms with E-state index in [1.807, 2.05) is 6.92 Å². The fraction of sp³-hybridized carbons (Fsp3) is 0.0909. The maximum atomic E-state index is 10.8. The van der Waals surface area contributed by atoms with Crippen LogP contribution in [0.3, 0.4) is 0 Å². The van der Waals surface area contributed by atoms with E-state index in [0.29, 0.717) is 10.7 Å². The molecule has 1 heterocycles. The van der Waals surface area contributed by atoms with Gasteiger partial charge in [0, 0.05) is 6.20 Å². The number of hydrogen-bond acceptors (Lipinski definition) is 2. The van der Waals surface area contributed by atoms with Crippen LogP contribution >= 0.6 is 11.6 Å². The second-order valence-electron chi connectivity index (χ2n) is 3.39. The van der Waals surface area contributed by atoms with Gasteiger partial charge in [0.1, 0.15) is 0 Å². The summed E-state index contributed by atoms with van der Waals surface area (Å²) in [6.45, 7) is 1.85. The molecule has 5 heteroatoms. The van der Waals surface area contributed by atoms with E-state index in [2.05, 4.69) is 4.98 Å². The van der Waals surface area contributed by atoms with Crippen molar-refractivity contribution in [3.63, 3.8) is 0 Å².